The number of ketones is 1. The molecule has 0 aromatic heterocycles. The highest BCUT2D eigenvalue weighted by molar-refractivity contribution is 9.10. The van der Waals surface area contributed by atoms with E-state index < -0.39 is 10.8 Å². The minimum Gasteiger partial charge on any atom is -0.488 e. The fraction of sp³-hybridized carbons (Fsp3) is 0.273. The zero-order valence-electron chi connectivity index (χ0n) is 23.9. The first-order chi connectivity index (χ1) is 19.9. The van der Waals surface area contributed by atoms with Crippen LogP contribution in [0.4, 0.5) is 11.4 Å². The summed E-state index contributed by atoms with van der Waals surface area (Å²) < 4.78 is 6.99. The number of rotatable bonds is 6. The Hall–Kier alpha value is -4.42. The van der Waals surface area contributed by atoms with Crippen molar-refractivity contribution in [2.75, 3.05) is 4.90 Å². The summed E-state index contributed by atoms with van der Waals surface area (Å²) in [4.78, 5) is 26.8. The van der Waals surface area contributed by atoms with Crippen molar-refractivity contribution >= 4 is 33.1 Å². The Bertz CT molecular complexity index is 1730. The van der Waals surface area contributed by atoms with Crippen LogP contribution in [-0.4, -0.2) is 10.7 Å². The van der Waals surface area contributed by atoms with Crippen LogP contribution < -0.4 is 15.4 Å². The number of halogens is 1. The monoisotopic (exact) mass is 626 g/mol. The number of nitriles is 1. The van der Waals surface area contributed by atoms with E-state index in [9.17, 15) is 20.2 Å². The number of non-ortho nitro benzene ring substituents is 1. The van der Waals surface area contributed by atoms with Crippen LogP contribution in [0, 0.1) is 40.7 Å². The Balaban J connectivity index is 1.69. The largest absolute Gasteiger partial charge is 0.488 e. The summed E-state index contributed by atoms with van der Waals surface area (Å²) in [7, 11) is 0. The van der Waals surface area contributed by atoms with Crippen molar-refractivity contribution in [3.63, 3.8) is 0 Å². The van der Waals surface area contributed by atoms with Crippen LogP contribution in [0.25, 0.3) is 0 Å². The molecule has 3 aromatic carbocycles. The van der Waals surface area contributed by atoms with Gasteiger partial charge in [-0.3, -0.25) is 19.8 Å². The minimum atomic E-state index is -0.675. The van der Waals surface area contributed by atoms with Crippen molar-refractivity contribution in [3.8, 4) is 11.8 Å². The Morgan fingerprint density at radius 1 is 1.14 bits per heavy atom. The van der Waals surface area contributed by atoms with Gasteiger partial charge in [-0.25, -0.2) is 0 Å². The number of Topliss-reactive ketones (excluding diaryl/α,β-unsaturated/α-hetero) is 1. The van der Waals surface area contributed by atoms with Gasteiger partial charge in [0.2, 0.25) is 0 Å². The number of ether oxygens (including phenoxy) is 1. The third kappa shape index (κ3) is 5.30. The van der Waals surface area contributed by atoms with Crippen molar-refractivity contribution in [3.05, 3.63) is 120 Å². The van der Waals surface area contributed by atoms with Crippen molar-refractivity contribution < 1.29 is 14.5 Å². The number of allylic oxidation sites excluding steroid dienone is 3. The molecule has 8 nitrogen and oxygen atoms in total. The van der Waals surface area contributed by atoms with Crippen LogP contribution in [0.2, 0.25) is 0 Å². The van der Waals surface area contributed by atoms with Crippen LogP contribution in [0.3, 0.4) is 0 Å². The topological polar surface area (TPSA) is 122 Å². The molecule has 2 aliphatic rings. The number of hydrogen-bond acceptors (Lipinski definition) is 7. The van der Waals surface area contributed by atoms with Gasteiger partial charge < -0.3 is 10.5 Å². The second kappa shape index (κ2) is 11.1. The first-order valence-corrected chi connectivity index (χ1v) is 14.4. The lowest BCUT2D eigenvalue weighted by Crippen LogP contribution is -2.42. The summed E-state index contributed by atoms with van der Waals surface area (Å²) in [5, 5.41) is 22.1. The van der Waals surface area contributed by atoms with Crippen LogP contribution in [0.5, 0.6) is 5.75 Å². The molecule has 1 unspecified atom stereocenters. The first kappa shape index (κ1) is 29.1. The van der Waals surface area contributed by atoms with Crippen LogP contribution in [0.15, 0.2) is 87.8 Å². The molecule has 0 fully saturated rings. The van der Waals surface area contributed by atoms with E-state index in [2.05, 4.69) is 22.0 Å². The van der Waals surface area contributed by atoms with Gasteiger partial charge in [-0.2, -0.15) is 5.26 Å². The average Bonchev–Trinajstić information content (AvgIpc) is 2.93. The number of hydrogen-bond donors (Lipinski definition) is 1. The molecule has 0 radical (unpaired) electrons. The molecule has 1 aliphatic carbocycles. The van der Waals surface area contributed by atoms with Crippen molar-refractivity contribution in [1.29, 1.82) is 5.26 Å². The highest BCUT2D eigenvalue weighted by Gasteiger charge is 2.45. The van der Waals surface area contributed by atoms with Gasteiger partial charge in [-0.05, 0) is 76.5 Å². The highest BCUT2D eigenvalue weighted by Crippen LogP contribution is 2.51. The average molecular weight is 628 g/mol. The number of carbonyl (C=O) groups excluding carboxylic acids is 1. The van der Waals surface area contributed by atoms with Crippen molar-refractivity contribution in [2.45, 2.75) is 53.1 Å². The van der Waals surface area contributed by atoms with Gasteiger partial charge in [0.05, 0.1) is 32.6 Å². The summed E-state index contributed by atoms with van der Waals surface area (Å²) in [5.74, 6) is 0.139. The molecule has 0 spiro atoms. The van der Waals surface area contributed by atoms with E-state index in [1.165, 1.54) is 12.1 Å². The molecule has 1 atom stereocenters. The summed E-state index contributed by atoms with van der Waals surface area (Å²) in [6.45, 7) is 8.28. The number of benzene rings is 3. The molecule has 2 N–H and O–H groups in total. The minimum absolute atomic E-state index is 0.0612. The number of aryl methyl sites for hydroxylation is 1. The van der Waals surface area contributed by atoms with Gasteiger partial charge in [-0.1, -0.05) is 49.7 Å². The molecular weight excluding hydrogens is 596 g/mol. The third-order valence-corrected chi connectivity index (χ3v) is 8.57. The predicted octanol–water partition coefficient (Wildman–Crippen LogP) is 7.49. The van der Waals surface area contributed by atoms with E-state index in [4.69, 9.17) is 10.5 Å². The SMILES string of the molecule is Cc1cc(COc2ccccc2Br)c(C)c(C2C(C#N)=C(N)N(c3cccc([N+](=O)[O-])c3)C3=C2C(=O)CC(C)(C)C3)c1. The first-order valence-electron chi connectivity index (χ1n) is 13.6. The predicted molar refractivity (Wildman–Crippen MR) is 165 cm³/mol. The van der Waals surface area contributed by atoms with Gasteiger partial charge in [0.15, 0.2) is 5.78 Å². The fourth-order valence-electron chi connectivity index (χ4n) is 5.99. The van der Waals surface area contributed by atoms with Crippen LogP contribution >= 0.6 is 15.9 Å². The molecule has 1 aliphatic heterocycles. The van der Waals surface area contributed by atoms with E-state index in [-0.39, 0.29) is 28.3 Å². The highest BCUT2D eigenvalue weighted by atomic mass is 79.9. The number of nitrogens with two attached hydrogens (primary N) is 1. The van der Waals surface area contributed by atoms with Crippen molar-refractivity contribution in [1.82, 2.24) is 0 Å². The fourth-order valence-corrected chi connectivity index (χ4v) is 6.39. The number of nitro benzene ring substituents is 1. The van der Waals surface area contributed by atoms with E-state index >= 15 is 0 Å². The number of nitrogens with zero attached hydrogens (tertiary/aromatic N) is 3. The standard InChI is InChI=1S/C33H31BrN4O4/c1-19-12-21(18-42-29-11-6-5-10-26(29)34)20(2)24(13-19)30-25(17-35)32(36)37(22-8-7-9-23(14-22)38(40)41)27-15-33(3,4)16-28(39)31(27)30/h5-14,30H,15-16,18,36H2,1-4H3. The molecule has 0 saturated carbocycles. The zero-order valence-corrected chi connectivity index (χ0v) is 25.5. The molecule has 0 bridgehead atoms. The summed E-state index contributed by atoms with van der Waals surface area (Å²) in [5.41, 5.74) is 11.8. The zero-order chi connectivity index (χ0) is 30.3. The lowest BCUT2D eigenvalue weighted by molar-refractivity contribution is -0.384. The van der Waals surface area contributed by atoms with Gasteiger partial charge in [0, 0.05) is 29.8 Å². The van der Waals surface area contributed by atoms with E-state index in [1.54, 1.807) is 17.0 Å². The number of anilines is 1. The Labute approximate surface area is 253 Å². The van der Waals surface area contributed by atoms with E-state index in [0.29, 0.717) is 42.2 Å². The molecule has 0 amide bonds. The quantitative estimate of drug-likeness (QED) is 0.222. The Morgan fingerprint density at radius 2 is 1.88 bits per heavy atom. The lowest BCUT2D eigenvalue weighted by Gasteiger charge is -2.44. The van der Waals surface area contributed by atoms with Crippen molar-refractivity contribution in [2.24, 2.45) is 11.1 Å². The maximum absolute atomic E-state index is 14.0. The molecule has 1 heterocycles. The van der Waals surface area contributed by atoms with Crippen LogP contribution in [0.1, 0.15) is 54.9 Å². The van der Waals surface area contributed by atoms with Gasteiger partial charge in [-0.15, -0.1) is 0 Å². The van der Waals surface area contributed by atoms with Gasteiger partial charge >= 0.3 is 0 Å². The Morgan fingerprint density at radius 3 is 2.57 bits per heavy atom. The summed E-state index contributed by atoms with van der Waals surface area (Å²) in [6.07, 6.45) is 0.822. The molecule has 0 saturated heterocycles. The Kier molecular flexibility index (Phi) is 7.69. The molecule has 42 heavy (non-hydrogen) atoms. The number of para-hydroxylation sites is 1. The maximum atomic E-state index is 14.0. The normalized spacial score (nSPS) is 18.0. The lowest BCUT2D eigenvalue weighted by atomic mass is 9.68. The second-order valence-electron chi connectivity index (χ2n) is 11.6. The molecule has 5 rings (SSSR count). The van der Waals surface area contributed by atoms with E-state index in [1.807, 2.05) is 64.1 Å². The smallest absolute Gasteiger partial charge is 0.271 e. The summed E-state index contributed by atoms with van der Waals surface area (Å²) >= 11 is 3.53. The van der Waals surface area contributed by atoms with Gasteiger partial charge in [0.25, 0.3) is 5.69 Å². The van der Waals surface area contributed by atoms with Crippen LogP contribution in [-0.2, 0) is 11.4 Å². The van der Waals surface area contributed by atoms with E-state index in [0.717, 1.165) is 26.7 Å². The second-order valence-corrected chi connectivity index (χ2v) is 12.5. The number of carbonyl (C=O) groups is 1. The molecule has 214 valence electrons. The van der Waals surface area contributed by atoms with Gasteiger partial charge in [0.1, 0.15) is 18.2 Å². The molecular formula is C33H31BrN4O4. The molecule has 9 heteroatoms. The maximum Gasteiger partial charge on any atom is 0.271 e. The third-order valence-electron chi connectivity index (χ3n) is 7.91. The summed E-state index contributed by atoms with van der Waals surface area (Å²) in [6, 6.07) is 20.1. The number of nitro groups is 1. The molecule has 3 aromatic rings.